The largest absolute Gasteiger partial charge is 0.243 e. The highest BCUT2D eigenvalue weighted by Crippen LogP contribution is 2.35. The summed E-state index contributed by atoms with van der Waals surface area (Å²) in [5, 5.41) is 25.2. The second-order valence-electron chi connectivity index (χ2n) is 4.28. The van der Waals surface area contributed by atoms with E-state index in [1.54, 1.807) is 22.7 Å². The zero-order valence-electron chi connectivity index (χ0n) is 10.5. The first-order valence-electron chi connectivity index (χ1n) is 6.00. The van der Waals surface area contributed by atoms with E-state index in [2.05, 4.69) is 21.4 Å². The zero-order chi connectivity index (χ0) is 14.2. The highest BCUT2D eigenvalue weighted by molar-refractivity contribution is 7.08. The van der Waals surface area contributed by atoms with Crippen LogP contribution in [0.3, 0.4) is 0 Å². The number of fused-ring (bicyclic) bond motifs is 1. The number of nitriles is 1. The van der Waals surface area contributed by atoms with E-state index >= 15 is 0 Å². The molecule has 4 heterocycles. The van der Waals surface area contributed by atoms with Crippen molar-refractivity contribution in [1.82, 2.24) is 15.3 Å². The van der Waals surface area contributed by atoms with Gasteiger partial charge in [-0.3, -0.25) is 0 Å². The Morgan fingerprint density at radius 1 is 1.00 bits per heavy atom. The molecule has 0 aromatic carbocycles. The molecular weight excluding hydrogens is 304 g/mol. The van der Waals surface area contributed by atoms with E-state index in [1.807, 2.05) is 33.7 Å². The van der Waals surface area contributed by atoms with Crippen LogP contribution in [0.4, 0.5) is 0 Å². The molecule has 4 aromatic rings. The molecule has 0 unspecified atom stereocenters. The molecule has 0 bridgehead atoms. The summed E-state index contributed by atoms with van der Waals surface area (Å²) in [6.45, 7) is 0. The summed E-state index contributed by atoms with van der Waals surface area (Å²) in [4.78, 5) is 4.48. The summed E-state index contributed by atoms with van der Waals surface area (Å²) in [5.41, 5.74) is 4.60. The van der Waals surface area contributed by atoms with Gasteiger partial charge in [0.1, 0.15) is 17.3 Å². The van der Waals surface area contributed by atoms with Crippen molar-refractivity contribution in [3.8, 4) is 28.5 Å². The number of hydrogen-bond acceptors (Lipinski definition) is 7. The molecule has 0 aliphatic carbocycles. The SMILES string of the molecule is N#Cc1nc(-c2ccsc2)c2nonc2c1-c1ccsc1. The molecule has 0 saturated heterocycles. The van der Waals surface area contributed by atoms with Crippen molar-refractivity contribution in [2.45, 2.75) is 0 Å². The smallest absolute Gasteiger partial charge is 0.162 e. The Morgan fingerprint density at radius 2 is 1.71 bits per heavy atom. The molecular formula is C14H6N4OS2. The minimum atomic E-state index is 0.331. The summed E-state index contributed by atoms with van der Waals surface area (Å²) in [6, 6.07) is 6.02. The molecule has 0 amide bonds. The maximum Gasteiger partial charge on any atom is 0.162 e. The number of pyridine rings is 1. The minimum Gasteiger partial charge on any atom is -0.243 e. The lowest BCUT2D eigenvalue weighted by Crippen LogP contribution is -1.94. The monoisotopic (exact) mass is 310 g/mol. The Morgan fingerprint density at radius 3 is 2.38 bits per heavy atom. The van der Waals surface area contributed by atoms with Crippen LogP contribution in [0, 0.1) is 11.3 Å². The van der Waals surface area contributed by atoms with E-state index in [-0.39, 0.29) is 0 Å². The number of thiophene rings is 2. The van der Waals surface area contributed by atoms with Crippen LogP contribution in [0.2, 0.25) is 0 Å². The lowest BCUT2D eigenvalue weighted by Gasteiger charge is -2.04. The van der Waals surface area contributed by atoms with Gasteiger partial charge in [-0.25, -0.2) is 9.61 Å². The normalized spacial score (nSPS) is 10.8. The van der Waals surface area contributed by atoms with Gasteiger partial charge in [-0.1, -0.05) is 0 Å². The van der Waals surface area contributed by atoms with Crippen molar-refractivity contribution in [2.24, 2.45) is 0 Å². The van der Waals surface area contributed by atoms with Crippen LogP contribution in [0.15, 0.2) is 38.3 Å². The van der Waals surface area contributed by atoms with Gasteiger partial charge in [-0.15, -0.1) is 0 Å². The standard InChI is InChI=1S/C14H6N4OS2/c15-5-10-11(8-1-3-20-6-8)13-14(18-19-17-13)12(16-10)9-2-4-21-7-9/h1-4,6-7H. The Labute approximate surface area is 127 Å². The van der Waals surface area contributed by atoms with E-state index in [1.165, 1.54) is 0 Å². The highest BCUT2D eigenvalue weighted by Gasteiger charge is 2.21. The Bertz CT molecular complexity index is 949. The van der Waals surface area contributed by atoms with Crippen molar-refractivity contribution < 1.29 is 4.63 Å². The highest BCUT2D eigenvalue weighted by atomic mass is 32.1. The summed E-state index contributed by atoms with van der Waals surface area (Å²) in [6.07, 6.45) is 0. The molecule has 7 heteroatoms. The summed E-state index contributed by atoms with van der Waals surface area (Å²) < 4.78 is 4.90. The second kappa shape index (κ2) is 4.77. The predicted molar refractivity (Wildman–Crippen MR) is 80.9 cm³/mol. The van der Waals surface area contributed by atoms with Gasteiger partial charge in [0.15, 0.2) is 11.2 Å². The molecule has 5 nitrogen and oxygen atoms in total. The molecule has 4 aromatic heterocycles. The van der Waals surface area contributed by atoms with E-state index in [4.69, 9.17) is 4.63 Å². The molecule has 4 rings (SSSR count). The van der Waals surface area contributed by atoms with Gasteiger partial charge in [0.25, 0.3) is 0 Å². The van der Waals surface area contributed by atoms with Crippen molar-refractivity contribution in [1.29, 1.82) is 5.26 Å². The van der Waals surface area contributed by atoms with Crippen LogP contribution in [0.1, 0.15) is 5.69 Å². The number of rotatable bonds is 2. The predicted octanol–water partition coefficient (Wildman–Crippen LogP) is 3.95. The van der Waals surface area contributed by atoms with Crippen LogP contribution in [0.5, 0.6) is 0 Å². The third kappa shape index (κ3) is 1.85. The third-order valence-corrected chi connectivity index (χ3v) is 4.49. The molecule has 100 valence electrons. The lowest BCUT2D eigenvalue weighted by atomic mass is 10.0. The van der Waals surface area contributed by atoms with Gasteiger partial charge in [-0.2, -0.15) is 27.9 Å². The number of aromatic nitrogens is 3. The van der Waals surface area contributed by atoms with Crippen LogP contribution in [0.25, 0.3) is 33.4 Å². The Kier molecular flexibility index (Phi) is 2.77. The maximum atomic E-state index is 9.45. The number of hydrogen-bond donors (Lipinski definition) is 0. The van der Waals surface area contributed by atoms with Crippen molar-refractivity contribution in [3.05, 3.63) is 39.3 Å². The van der Waals surface area contributed by atoms with Gasteiger partial charge in [0, 0.05) is 10.9 Å². The summed E-state index contributed by atoms with van der Waals surface area (Å²) >= 11 is 3.11. The lowest BCUT2D eigenvalue weighted by molar-refractivity contribution is 0.315. The fourth-order valence-electron chi connectivity index (χ4n) is 2.20. The first-order valence-corrected chi connectivity index (χ1v) is 7.88. The fraction of sp³-hybridized carbons (Fsp3) is 0. The molecule has 0 saturated carbocycles. The maximum absolute atomic E-state index is 9.45. The van der Waals surface area contributed by atoms with Crippen LogP contribution in [-0.4, -0.2) is 15.3 Å². The molecule has 0 atom stereocenters. The van der Waals surface area contributed by atoms with Gasteiger partial charge in [0.05, 0.1) is 5.56 Å². The van der Waals surface area contributed by atoms with Gasteiger partial charge in [0.2, 0.25) is 0 Å². The average Bonchev–Trinajstić information content (AvgIpc) is 3.24. The van der Waals surface area contributed by atoms with E-state index in [0.29, 0.717) is 28.0 Å². The first kappa shape index (κ1) is 12.2. The van der Waals surface area contributed by atoms with Crippen LogP contribution in [-0.2, 0) is 0 Å². The molecule has 0 aliphatic heterocycles. The van der Waals surface area contributed by atoms with E-state index < -0.39 is 0 Å². The third-order valence-electron chi connectivity index (χ3n) is 3.12. The van der Waals surface area contributed by atoms with E-state index in [0.717, 1.165) is 11.1 Å². The average molecular weight is 310 g/mol. The Balaban J connectivity index is 2.12. The van der Waals surface area contributed by atoms with Gasteiger partial charge >= 0.3 is 0 Å². The second-order valence-corrected chi connectivity index (χ2v) is 5.84. The summed E-state index contributed by atoms with van der Waals surface area (Å²) in [5.74, 6) is 0. The quantitative estimate of drug-likeness (QED) is 0.560. The molecule has 0 fully saturated rings. The molecule has 21 heavy (non-hydrogen) atoms. The van der Waals surface area contributed by atoms with Crippen LogP contribution >= 0.6 is 22.7 Å². The van der Waals surface area contributed by atoms with Crippen molar-refractivity contribution >= 4 is 33.7 Å². The number of nitrogens with zero attached hydrogens (tertiary/aromatic N) is 4. The van der Waals surface area contributed by atoms with E-state index in [9.17, 15) is 5.26 Å². The first-order chi connectivity index (χ1) is 10.4. The van der Waals surface area contributed by atoms with Crippen molar-refractivity contribution in [3.63, 3.8) is 0 Å². The summed E-state index contributed by atoms with van der Waals surface area (Å²) in [7, 11) is 0. The molecule has 0 aliphatic rings. The van der Waals surface area contributed by atoms with Gasteiger partial charge in [-0.05, 0) is 44.1 Å². The molecule has 0 N–H and O–H groups in total. The zero-order valence-corrected chi connectivity index (χ0v) is 12.1. The van der Waals surface area contributed by atoms with Crippen molar-refractivity contribution in [2.75, 3.05) is 0 Å². The van der Waals surface area contributed by atoms with Gasteiger partial charge < -0.3 is 0 Å². The Hall–Kier alpha value is -2.56. The fourth-order valence-corrected chi connectivity index (χ4v) is 3.49. The molecule has 0 spiro atoms. The minimum absolute atomic E-state index is 0.331. The topological polar surface area (TPSA) is 75.6 Å². The van der Waals surface area contributed by atoms with Crippen LogP contribution < -0.4 is 0 Å². The molecule has 0 radical (unpaired) electrons.